The van der Waals surface area contributed by atoms with Crippen LogP contribution in [-0.4, -0.2) is 5.54 Å². The van der Waals surface area contributed by atoms with E-state index in [1.807, 2.05) is 0 Å². The highest BCUT2D eigenvalue weighted by molar-refractivity contribution is 5.89. The minimum atomic E-state index is -0.392. The van der Waals surface area contributed by atoms with Gasteiger partial charge in [0.25, 0.3) is 0 Å². The maximum Gasteiger partial charge on any atom is 0.0713 e. The Kier molecular flexibility index (Phi) is 6.38. The quantitative estimate of drug-likeness (QED) is 0.192. The molecule has 1 heteroatoms. The van der Waals surface area contributed by atoms with Gasteiger partial charge in [-0.25, -0.2) is 0 Å². The van der Waals surface area contributed by atoms with Crippen LogP contribution >= 0.6 is 0 Å². The smallest absolute Gasteiger partial charge is 0.0713 e. The number of hydrogen-bond acceptors (Lipinski definition) is 1. The molecule has 6 aromatic carbocycles. The zero-order chi connectivity index (χ0) is 31.6. The van der Waals surface area contributed by atoms with E-state index in [4.69, 9.17) is 0 Å². The highest BCUT2D eigenvalue weighted by atomic mass is 15.2. The van der Waals surface area contributed by atoms with Crippen LogP contribution in [0.4, 0.5) is 11.4 Å². The van der Waals surface area contributed by atoms with E-state index in [-0.39, 0.29) is 11.0 Å². The van der Waals surface area contributed by atoms with E-state index in [0.717, 1.165) is 0 Å². The van der Waals surface area contributed by atoms with Crippen LogP contribution in [0.5, 0.6) is 0 Å². The lowest BCUT2D eigenvalue weighted by atomic mass is 9.66. The van der Waals surface area contributed by atoms with Crippen molar-refractivity contribution in [2.75, 3.05) is 4.90 Å². The Bertz CT molecular complexity index is 2060. The lowest BCUT2D eigenvalue weighted by Gasteiger charge is -2.46. The molecule has 3 aliphatic rings. The second-order valence-corrected chi connectivity index (χ2v) is 14.4. The molecule has 9 rings (SSSR count). The molecule has 2 unspecified atom stereocenters. The van der Waals surface area contributed by atoms with Crippen LogP contribution < -0.4 is 4.90 Å². The predicted molar refractivity (Wildman–Crippen MR) is 197 cm³/mol. The van der Waals surface area contributed by atoms with Gasteiger partial charge in [0.15, 0.2) is 0 Å². The molecule has 2 atom stereocenters. The highest BCUT2D eigenvalue weighted by Crippen LogP contribution is 2.61. The highest BCUT2D eigenvalue weighted by Gasteiger charge is 2.56. The third-order valence-corrected chi connectivity index (χ3v) is 12.2. The number of para-hydroxylation sites is 1. The molecule has 0 saturated heterocycles. The van der Waals surface area contributed by atoms with Gasteiger partial charge in [-0.1, -0.05) is 148 Å². The third-order valence-electron chi connectivity index (χ3n) is 12.2. The van der Waals surface area contributed by atoms with E-state index in [0.29, 0.717) is 0 Å². The molecule has 1 heterocycles. The molecule has 1 aliphatic heterocycles. The maximum absolute atomic E-state index is 2.69. The van der Waals surface area contributed by atoms with Gasteiger partial charge in [0.1, 0.15) is 0 Å². The van der Waals surface area contributed by atoms with E-state index < -0.39 is 5.41 Å². The summed E-state index contributed by atoms with van der Waals surface area (Å²) >= 11 is 0. The SMILES string of the molecule is CC12CCCCCC1(C)N(c1ccccc1)c1ccc(-c3ccc4c(c3)C(c3ccccc3)(c3ccccc3)c3ccccc3-4)cc12. The molecule has 6 aromatic rings. The first kappa shape index (κ1) is 28.4. The molecule has 1 saturated carbocycles. The van der Waals surface area contributed by atoms with Crippen molar-refractivity contribution < 1.29 is 0 Å². The standard InChI is InChI=1S/C46H41N/c1-44-29-15-6-16-30-45(44,2)47(37-21-11-5-12-22-37)43-28-26-34(32-42(43)44)33-25-27-39-38-23-13-14-24-40(38)46(41(39)31-33,35-17-7-3-8-18-35)36-19-9-4-10-20-36/h3-5,7-14,17-28,31-32H,6,15-16,29-30H2,1-2H3. The van der Waals surface area contributed by atoms with Gasteiger partial charge in [0.2, 0.25) is 0 Å². The zero-order valence-corrected chi connectivity index (χ0v) is 27.4. The largest absolute Gasteiger partial charge is 0.334 e. The zero-order valence-electron chi connectivity index (χ0n) is 27.4. The molecule has 0 amide bonds. The first-order valence-electron chi connectivity index (χ1n) is 17.4. The number of nitrogens with zero attached hydrogens (tertiary/aromatic N) is 1. The van der Waals surface area contributed by atoms with Crippen molar-refractivity contribution in [2.24, 2.45) is 0 Å². The first-order chi connectivity index (χ1) is 23.1. The molecule has 2 aliphatic carbocycles. The summed E-state index contributed by atoms with van der Waals surface area (Å²) < 4.78 is 0. The average molecular weight is 608 g/mol. The van der Waals surface area contributed by atoms with Crippen molar-refractivity contribution in [1.29, 1.82) is 0 Å². The summed E-state index contributed by atoms with van der Waals surface area (Å²) in [5.74, 6) is 0. The van der Waals surface area contributed by atoms with Crippen LogP contribution in [0.25, 0.3) is 22.3 Å². The van der Waals surface area contributed by atoms with E-state index in [1.54, 1.807) is 0 Å². The predicted octanol–water partition coefficient (Wildman–Crippen LogP) is 11.8. The van der Waals surface area contributed by atoms with Gasteiger partial charge in [-0.05, 0) is 100 Å². The lowest BCUT2D eigenvalue weighted by Crippen LogP contribution is -2.52. The molecule has 0 spiro atoms. The number of rotatable bonds is 4. The van der Waals surface area contributed by atoms with Gasteiger partial charge in [-0.3, -0.25) is 0 Å². The van der Waals surface area contributed by atoms with Gasteiger partial charge in [0, 0.05) is 16.8 Å². The van der Waals surface area contributed by atoms with Crippen molar-refractivity contribution in [3.63, 3.8) is 0 Å². The molecule has 230 valence electrons. The number of anilines is 2. The fourth-order valence-electron chi connectivity index (χ4n) is 9.70. The van der Waals surface area contributed by atoms with Crippen molar-refractivity contribution >= 4 is 11.4 Å². The van der Waals surface area contributed by atoms with Crippen LogP contribution in [0.3, 0.4) is 0 Å². The van der Waals surface area contributed by atoms with Crippen LogP contribution in [0.15, 0.2) is 152 Å². The van der Waals surface area contributed by atoms with Crippen molar-refractivity contribution in [2.45, 2.75) is 62.3 Å². The van der Waals surface area contributed by atoms with Gasteiger partial charge in [-0.2, -0.15) is 0 Å². The Balaban J connectivity index is 1.27. The van der Waals surface area contributed by atoms with Gasteiger partial charge < -0.3 is 4.90 Å². The summed E-state index contributed by atoms with van der Waals surface area (Å²) in [6.07, 6.45) is 6.30. The Morgan fingerprint density at radius 1 is 0.468 bits per heavy atom. The second kappa shape index (κ2) is 10.6. The number of fused-ring (bicyclic) bond motifs is 6. The van der Waals surface area contributed by atoms with Crippen molar-refractivity contribution in [3.05, 3.63) is 179 Å². The molecular formula is C46H41N. The van der Waals surface area contributed by atoms with Crippen LogP contribution in [0, 0.1) is 0 Å². The van der Waals surface area contributed by atoms with E-state index in [9.17, 15) is 0 Å². The maximum atomic E-state index is 2.69. The van der Waals surface area contributed by atoms with Gasteiger partial charge in [-0.15, -0.1) is 0 Å². The normalized spacial score (nSPS) is 22.1. The van der Waals surface area contributed by atoms with E-state index in [2.05, 4.69) is 170 Å². The monoisotopic (exact) mass is 607 g/mol. The van der Waals surface area contributed by atoms with Gasteiger partial charge in [0.05, 0.1) is 11.0 Å². The van der Waals surface area contributed by atoms with Crippen LogP contribution in [-0.2, 0) is 10.8 Å². The summed E-state index contributed by atoms with van der Waals surface area (Å²) in [6, 6.07) is 57.0. The van der Waals surface area contributed by atoms with E-state index >= 15 is 0 Å². The Morgan fingerprint density at radius 2 is 1.02 bits per heavy atom. The van der Waals surface area contributed by atoms with Gasteiger partial charge >= 0.3 is 0 Å². The number of hydrogen-bond donors (Lipinski definition) is 0. The first-order valence-corrected chi connectivity index (χ1v) is 17.4. The minimum absolute atomic E-state index is 0.0289. The molecule has 1 nitrogen and oxygen atoms in total. The molecule has 0 N–H and O–H groups in total. The third kappa shape index (κ3) is 3.89. The van der Waals surface area contributed by atoms with E-state index in [1.165, 1.54) is 93.5 Å². The fourth-order valence-corrected chi connectivity index (χ4v) is 9.70. The number of benzene rings is 6. The molecule has 0 radical (unpaired) electrons. The Morgan fingerprint density at radius 3 is 1.72 bits per heavy atom. The average Bonchev–Trinajstić information content (AvgIpc) is 3.45. The molecule has 0 bridgehead atoms. The van der Waals surface area contributed by atoms with Crippen molar-refractivity contribution in [1.82, 2.24) is 0 Å². The fraction of sp³-hybridized carbons (Fsp3) is 0.217. The summed E-state index contributed by atoms with van der Waals surface area (Å²) in [5.41, 5.74) is 14.5. The van der Waals surface area contributed by atoms with Crippen molar-refractivity contribution in [3.8, 4) is 22.3 Å². The summed E-state index contributed by atoms with van der Waals surface area (Å²) in [6.45, 7) is 5.09. The Labute approximate surface area is 279 Å². The summed E-state index contributed by atoms with van der Waals surface area (Å²) in [4.78, 5) is 2.69. The topological polar surface area (TPSA) is 3.24 Å². The molecule has 47 heavy (non-hydrogen) atoms. The molecular weight excluding hydrogens is 567 g/mol. The second-order valence-electron chi connectivity index (χ2n) is 14.4. The Hall–Kier alpha value is -4.88. The van der Waals surface area contributed by atoms with Crippen LogP contribution in [0.2, 0.25) is 0 Å². The molecule has 1 fully saturated rings. The minimum Gasteiger partial charge on any atom is -0.334 e. The molecule has 0 aromatic heterocycles. The lowest BCUT2D eigenvalue weighted by molar-refractivity contribution is 0.261. The summed E-state index contributed by atoms with van der Waals surface area (Å²) in [5, 5.41) is 0. The van der Waals surface area contributed by atoms with Crippen LogP contribution in [0.1, 0.15) is 73.8 Å². The summed E-state index contributed by atoms with van der Waals surface area (Å²) in [7, 11) is 0.